The molecule has 1 N–H and O–H groups in total. The molecular weight excluding hydrogens is 200 g/mol. The van der Waals surface area contributed by atoms with Gasteiger partial charge >= 0.3 is 0 Å². The lowest BCUT2D eigenvalue weighted by Gasteiger charge is -2.16. The first-order valence-electron chi connectivity index (χ1n) is 4.22. The highest BCUT2D eigenvalue weighted by molar-refractivity contribution is 5.94. The van der Waals surface area contributed by atoms with Crippen LogP contribution in [0.1, 0.15) is 0 Å². The molecule has 1 aromatic carbocycles. The number of hydrogen-bond donors (Lipinski definition) is 1. The summed E-state index contributed by atoms with van der Waals surface area (Å²) < 4.78 is 0. The Labute approximate surface area is 90.5 Å². The van der Waals surface area contributed by atoms with E-state index in [0.29, 0.717) is 6.54 Å². The second kappa shape index (κ2) is 6.40. The van der Waals surface area contributed by atoms with Crippen LogP contribution in [0.2, 0.25) is 0 Å². The molecule has 0 aromatic heterocycles. The Kier molecular flexibility index (Phi) is 5.92. The molecule has 0 aliphatic carbocycles. The first-order valence-corrected chi connectivity index (χ1v) is 4.22. The average molecular weight is 215 g/mol. The fourth-order valence-electron chi connectivity index (χ4n) is 1.07. The Morgan fingerprint density at radius 3 is 2.43 bits per heavy atom. The van der Waals surface area contributed by atoms with Gasteiger partial charge in [0.15, 0.2) is 0 Å². The number of likely N-dealkylation sites (N-methyl/N-ethyl adjacent to an activating group) is 2. The summed E-state index contributed by atoms with van der Waals surface area (Å²) in [5.41, 5.74) is 0.919. The van der Waals surface area contributed by atoms with Gasteiger partial charge in [-0.3, -0.25) is 4.79 Å². The van der Waals surface area contributed by atoms with Gasteiger partial charge < -0.3 is 10.2 Å². The van der Waals surface area contributed by atoms with Crippen LogP contribution >= 0.6 is 12.4 Å². The summed E-state index contributed by atoms with van der Waals surface area (Å²) in [6, 6.07) is 9.58. The van der Waals surface area contributed by atoms with Crippen LogP contribution in [0.3, 0.4) is 0 Å². The Balaban J connectivity index is 0.00000169. The summed E-state index contributed by atoms with van der Waals surface area (Å²) in [4.78, 5) is 13.0. The highest BCUT2D eigenvalue weighted by Gasteiger charge is 2.07. The zero-order valence-corrected chi connectivity index (χ0v) is 9.17. The van der Waals surface area contributed by atoms with Crippen LogP contribution in [0.15, 0.2) is 30.3 Å². The minimum atomic E-state index is 0. The highest BCUT2D eigenvalue weighted by atomic mass is 35.5. The van der Waals surface area contributed by atoms with Gasteiger partial charge in [0.1, 0.15) is 0 Å². The summed E-state index contributed by atoms with van der Waals surface area (Å²) in [7, 11) is 3.53. The molecule has 1 amide bonds. The van der Waals surface area contributed by atoms with Crippen molar-refractivity contribution in [2.45, 2.75) is 0 Å². The molecule has 0 bridgehead atoms. The number of carbonyl (C=O) groups excluding carboxylic acids is 1. The van der Waals surface area contributed by atoms with Crippen molar-refractivity contribution in [2.24, 2.45) is 0 Å². The quantitative estimate of drug-likeness (QED) is 0.823. The molecule has 0 saturated carbocycles. The second-order valence-corrected chi connectivity index (χ2v) is 2.82. The smallest absolute Gasteiger partial charge is 0.240 e. The summed E-state index contributed by atoms with van der Waals surface area (Å²) >= 11 is 0. The number of amides is 1. The molecule has 4 heteroatoms. The van der Waals surface area contributed by atoms with Crippen molar-refractivity contribution in [2.75, 3.05) is 25.5 Å². The van der Waals surface area contributed by atoms with Gasteiger partial charge in [-0.05, 0) is 19.2 Å². The molecule has 0 heterocycles. The van der Waals surface area contributed by atoms with Crippen LogP contribution in [0.25, 0.3) is 0 Å². The van der Waals surface area contributed by atoms with E-state index in [9.17, 15) is 4.79 Å². The van der Waals surface area contributed by atoms with Crippen molar-refractivity contribution in [3.8, 4) is 0 Å². The van der Waals surface area contributed by atoms with E-state index < -0.39 is 0 Å². The van der Waals surface area contributed by atoms with Crippen molar-refractivity contribution in [3.63, 3.8) is 0 Å². The van der Waals surface area contributed by atoms with Crippen LogP contribution in [0, 0.1) is 0 Å². The van der Waals surface area contributed by atoms with Gasteiger partial charge in [0.05, 0.1) is 6.54 Å². The Hall–Kier alpha value is -1.06. The molecule has 0 atom stereocenters. The molecule has 78 valence electrons. The third-order valence-electron chi connectivity index (χ3n) is 1.85. The number of nitrogens with one attached hydrogen (secondary N) is 1. The lowest BCUT2D eigenvalue weighted by atomic mass is 10.3. The molecule has 0 aliphatic heterocycles. The average Bonchev–Trinajstić information content (AvgIpc) is 2.18. The van der Waals surface area contributed by atoms with Crippen LogP contribution in [-0.4, -0.2) is 26.5 Å². The van der Waals surface area contributed by atoms with Gasteiger partial charge in [0.25, 0.3) is 0 Å². The van der Waals surface area contributed by atoms with Crippen LogP contribution in [-0.2, 0) is 4.79 Å². The van der Waals surface area contributed by atoms with E-state index in [1.54, 1.807) is 19.0 Å². The van der Waals surface area contributed by atoms with Crippen molar-refractivity contribution in [1.82, 2.24) is 5.32 Å². The third kappa shape index (κ3) is 3.36. The Morgan fingerprint density at radius 1 is 1.36 bits per heavy atom. The number of carbonyl (C=O) groups is 1. The van der Waals surface area contributed by atoms with E-state index in [1.165, 1.54) is 0 Å². The largest absolute Gasteiger partial charge is 0.314 e. The highest BCUT2D eigenvalue weighted by Crippen LogP contribution is 2.10. The molecule has 0 unspecified atom stereocenters. The molecule has 0 radical (unpaired) electrons. The van der Waals surface area contributed by atoms with Crippen molar-refractivity contribution >= 4 is 24.0 Å². The summed E-state index contributed by atoms with van der Waals surface area (Å²) in [5.74, 6) is 0.0636. The maximum Gasteiger partial charge on any atom is 0.240 e. The predicted molar refractivity (Wildman–Crippen MR) is 61.0 cm³/mol. The monoisotopic (exact) mass is 214 g/mol. The number of benzene rings is 1. The second-order valence-electron chi connectivity index (χ2n) is 2.82. The fraction of sp³-hybridized carbons (Fsp3) is 0.300. The van der Waals surface area contributed by atoms with E-state index >= 15 is 0 Å². The van der Waals surface area contributed by atoms with Gasteiger partial charge in [0.2, 0.25) is 5.91 Å². The lowest BCUT2D eigenvalue weighted by molar-refractivity contribution is -0.117. The van der Waals surface area contributed by atoms with Crippen LogP contribution in [0.5, 0.6) is 0 Å². The summed E-state index contributed by atoms with van der Waals surface area (Å²) in [6.07, 6.45) is 0. The van der Waals surface area contributed by atoms with E-state index in [0.717, 1.165) is 5.69 Å². The first kappa shape index (κ1) is 12.9. The van der Waals surface area contributed by atoms with Gasteiger partial charge in [0, 0.05) is 12.7 Å². The van der Waals surface area contributed by atoms with E-state index in [1.807, 2.05) is 30.3 Å². The van der Waals surface area contributed by atoms with Crippen molar-refractivity contribution in [3.05, 3.63) is 30.3 Å². The third-order valence-corrected chi connectivity index (χ3v) is 1.85. The lowest BCUT2D eigenvalue weighted by Crippen LogP contribution is -2.33. The first-order chi connectivity index (χ1) is 6.25. The van der Waals surface area contributed by atoms with Gasteiger partial charge in [-0.1, -0.05) is 18.2 Å². The molecular formula is C10H15ClN2O. The molecule has 1 aromatic rings. The molecule has 14 heavy (non-hydrogen) atoms. The zero-order chi connectivity index (χ0) is 9.68. The van der Waals surface area contributed by atoms with Gasteiger partial charge in [-0.15, -0.1) is 12.4 Å². The van der Waals surface area contributed by atoms with E-state index in [-0.39, 0.29) is 18.3 Å². The molecule has 1 rings (SSSR count). The SMILES string of the molecule is CNCC(=O)N(C)c1ccccc1.Cl. The molecule has 0 fully saturated rings. The topological polar surface area (TPSA) is 32.3 Å². The number of nitrogens with zero attached hydrogens (tertiary/aromatic N) is 1. The number of para-hydroxylation sites is 1. The molecule has 0 saturated heterocycles. The normalized spacial score (nSPS) is 9.00. The van der Waals surface area contributed by atoms with Crippen molar-refractivity contribution in [1.29, 1.82) is 0 Å². The zero-order valence-electron chi connectivity index (χ0n) is 8.36. The molecule has 3 nitrogen and oxygen atoms in total. The van der Waals surface area contributed by atoms with Crippen molar-refractivity contribution < 1.29 is 4.79 Å². The maximum atomic E-state index is 11.4. The summed E-state index contributed by atoms with van der Waals surface area (Å²) in [6.45, 7) is 0.366. The Morgan fingerprint density at radius 2 is 1.93 bits per heavy atom. The number of anilines is 1. The predicted octanol–water partition coefficient (Wildman–Crippen LogP) is 1.29. The molecule has 0 spiro atoms. The van der Waals surface area contributed by atoms with Crippen LogP contribution < -0.4 is 10.2 Å². The minimum Gasteiger partial charge on any atom is -0.314 e. The van der Waals surface area contributed by atoms with E-state index in [4.69, 9.17) is 0 Å². The molecule has 0 aliphatic rings. The number of halogens is 1. The van der Waals surface area contributed by atoms with Crippen LogP contribution in [0.4, 0.5) is 5.69 Å². The van der Waals surface area contributed by atoms with Gasteiger partial charge in [-0.25, -0.2) is 0 Å². The fourth-order valence-corrected chi connectivity index (χ4v) is 1.07. The minimum absolute atomic E-state index is 0. The standard InChI is InChI=1S/C10H14N2O.ClH/c1-11-8-10(13)12(2)9-6-4-3-5-7-9;/h3-7,11H,8H2,1-2H3;1H. The number of hydrogen-bond acceptors (Lipinski definition) is 2. The van der Waals surface area contributed by atoms with Gasteiger partial charge in [-0.2, -0.15) is 0 Å². The van der Waals surface area contributed by atoms with E-state index in [2.05, 4.69) is 5.32 Å². The Bertz CT molecular complexity index is 277. The maximum absolute atomic E-state index is 11.4. The number of rotatable bonds is 3. The summed E-state index contributed by atoms with van der Waals surface area (Å²) in [5, 5.41) is 2.83.